The summed E-state index contributed by atoms with van der Waals surface area (Å²) in [4.78, 5) is 2.65. The lowest BCUT2D eigenvalue weighted by atomic mass is 10.0. The van der Waals surface area contributed by atoms with E-state index in [0.29, 0.717) is 5.41 Å². The van der Waals surface area contributed by atoms with E-state index >= 15 is 0 Å². The van der Waals surface area contributed by atoms with Crippen molar-refractivity contribution >= 4 is 0 Å². The van der Waals surface area contributed by atoms with Crippen LogP contribution in [0, 0.1) is 5.41 Å². The van der Waals surface area contributed by atoms with Crippen molar-refractivity contribution in [2.24, 2.45) is 5.41 Å². The number of likely N-dealkylation sites (tertiary alicyclic amines) is 1. The number of hydrogen-bond acceptors (Lipinski definition) is 2. The Morgan fingerprint density at radius 3 is 2.85 bits per heavy atom. The molecule has 2 nitrogen and oxygen atoms in total. The van der Waals surface area contributed by atoms with Crippen molar-refractivity contribution in [1.82, 2.24) is 10.2 Å². The molecule has 1 unspecified atom stereocenters. The van der Waals surface area contributed by atoms with Crippen LogP contribution in [0.1, 0.15) is 32.6 Å². The third-order valence-corrected chi connectivity index (χ3v) is 3.62. The zero-order valence-corrected chi connectivity index (χ0v) is 8.97. The van der Waals surface area contributed by atoms with Crippen LogP contribution in [0.4, 0.5) is 0 Å². The monoisotopic (exact) mass is 182 g/mol. The van der Waals surface area contributed by atoms with E-state index in [-0.39, 0.29) is 0 Å². The van der Waals surface area contributed by atoms with Crippen LogP contribution in [0.2, 0.25) is 0 Å². The van der Waals surface area contributed by atoms with E-state index < -0.39 is 0 Å². The molecule has 1 N–H and O–H groups in total. The molecule has 1 saturated carbocycles. The van der Waals surface area contributed by atoms with Gasteiger partial charge in [-0.3, -0.25) is 0 Å². The molecule has 13 heavy (non-hydrogen) atoms. The first-order valence-electron chi connectivity index (χ1n) is 5.61. The maximum Gasteiger partial charge on any atom is 0.0192 e. The maximum absolute atomic E-state index is 3.40. The fourth-order valence-electron chi connectivity index (χ4n) is 2.35. The van der Waals surface area contributed by atoms with Gasteiger partial charge in [0.15, 0.2) is 0 Å². The molecular formula is C11H22N2. The molecule has 0 radical (unpaired) electrons. The third-order valence-electron chi connectivity index (χ3n) is 3.62. The molecular weight excluding hydrogens is 160 g/mol. The Hall–Kier alpha value is -0.0800. The van der Waals surface area contributed by atoms with Gasteiger partial charge in [0, 0.05) is 19.1 Å². The topological polar surface area (TPSA) is 15.3 Å². The lowest BCUT2D eigenvalue weighted by Gasteiger charge is -2.34. The summed E-state index contributed by atoms with van der Waals surface area (Å²) in [6, 6.07) is 0.746. The number of nitrogens with zero attached hydrogens (tertiary/aromatic N) is 1. The van der Waals surface area contributed by atoms with Gasteiger partial charge in [0.05, 0.1) is 0 Å². The van der Waals surface area contributed by atoms with Gasteiger partial charge in [-0.25, -0.2) is 0 Å². The number of nitrogens with one attached hydrogen (secondary N) is 1. The molecule has 0 aromatic rings. The lowest BCUT2D eigenvalue weighted by Crippen LogP contribution is -2.45. The molecule has 0 aromatic heterocycles. The fourth-order valence-corrected chi connectivity index (χ4v) is 2.35. The molecule has 0 bridgehead atoms. The van der Waals surface area contributed by atoms with Crippen molar-refractivity contribution in [2.45, 2.75) is 38.6 Å². The third kappa shape index (κ3) is 2.44. The molecule has 0 amide bonds. The second kappa shape index (κ2) is 3.58. The molecule has 1 aliphatic heterocycles. The van der Waals surface area contributed by atoms with Gasteiger partial charge in [-0.1, -0.05) is 6.92 Å². The summed E-state index contributed by atoms with van der Waals surface area (Å²) in [6.45, 7) is 6.36. The number of hydrogen-bond donors (Lipinski definition) is 1. The fraction of sp³-hybridized carbons (Fsp3) is 1.00. The Labute approximate surface area is 81.7 Å². The summed E-state index contributed by atoms with van der Waals surface area (Å²) in [5.74, 6) is 0. The van der Waals surface area contributed by atoms with E-state index in [0.717, 1.165) is 6.04 Å². The van der Waals surface area contributed by atoms with E-state index in [2.05, 4.69) is 24.2 Å². The molecule has 2 rings (SSSR count). The molecule has 1 saturated heterocycles. The zero-order valence-electron chi connectivity index (χ0n) is 8.97. The second-order valence-electron chi connectivity index (χ2n) is 5.17. The van der Waals surface area contributed by atoms with Crippen LogP contribution < -0.4 is 5.32 Å². The molecule has 0 aromatic carbocycles. The van der Waals surface area contributed by atoms with Gasteiger partial charge in [0.2, 0.25) is 0 Å². The first-order valence-corrected chi connectivity index (χ1v) is 5.61. The first-order chi connectivity index (χ1) is 6.22. The Kier molecular flexibility index (Phi) is 2.61. The van der Waals surface area contributed by atoms with Crippen molar-refractivity contribution in [3.8, 4) is 0 Å². The molecule has 1 heterocycles. The van der Waals surface area contributed by atoms with E-state index in [9.17, 15) is 0 Å². The van der Waals surface area contributed by atoms with E-state index in [1.54, 1.807) is 0 Å². The average molecular weight is 182 g/mol. The summed E-state index contributed by atoms with van der Waals surface area (Å²) in [6.07, 6.45) is 5.65. The quantitative estimate of drug-likeness (QED) is 0.711. The van der Waals surface area contributed by atoms with Crippen molar-refractivity contribution in [1.29, 1.82) is 0 Å². The highest BCUT2D eigenvalue weighted by atomic mass is 15.2. The van der Waals surface area contributed by atoms with Crippen LogP contribution in [0.3, 0.4) is 0 Å². The SMILES string of the molecule is CNC1CCCN(CC2(C)CC2)C1. The van der Waals surface area contributed by atoms with Crippen LogP contribution in [0.15, 0.2) is 0 Å². The maximum atomic E-state index is 3.40. The number of piperidine rings is 1. The molecule has 2 aliphatic rings. The van der Waals surface area contributed by atoms with Gasteiger partial charge in [0.1, 0.15) is 0 Å². The van der Waals surface area contributed by atoms with Gasteiger partial charge in [0.25, 0.3) is 0 Å². The molecule has 0 spiro atoms. The minimum atomic E-state index is 0.690. The molecule has 2 heteroatoms. The van der Waals surface area contributed by atoms with Gasteiger partial charge in [-0.05, 0) is 44.7 Å². The summed E-state index contributed by atoms with van der Waals surface area (Å²) in [5.41, 5.74) is 0.690. The molecule has 2 fully saturated rings. The Bertz CT molecular complexity index is 175. The smallest absolute Gasteiger partial charge is 0.0192 e. The molecule has 1 aliphatic carbocycles. The standard InChI is InChI=1S/C11H22N2/c1-11(5-6-11)9-13-7-3-4-10(8-13)12-2/h10,12H,3-9H2,1-2H3. The van der Waals surface area contributed by atoms with Gasteiger partial charge < -0.3 is 10.2 Å². The molecule has 1 atom stereocenters. The first kappa shape index (κ1) is 9.47. The van der Waals surface area contributed by atoms with Crippen molar-refractivity contribution in [2.75, 3.05) is 26.7 Å². The summed E-state index contributed by atoms with van der Waals surface area (Å²) in [7, 11) is 2.09. The summed E-state index contributed by atoms with van der Waals surface area (Å²) < 4.78 is 0. The van der Waals surface area contributed by atoms with Gasteiger partial charge >= 0.3 is 0 Å². The van der Waals surface area contributed by atoms with Crippen LogP contribution in [0.25, 0.3) is 0 Å². The van der Waals surface area contributed by atoms with Crippen molar-refractivity contribution in [3.63, 3.8) is 0 Å². The predicted octanol–water partition coefficient (Wildman–Crippen LogP) is 1.47. The number of likely N-dealkylation sites (N-methyl/N-ethyl adjacent to an activating group) is 1. The average Bonchev–Trinajstić information content (AvgIpc) is 2.84. The Balaban J connectivity index is 1.78. The van der Waals surface area contributed by atoms with E-state index in [4.69, 9.17) is 0 Å². The predicted molar refractivity (Wildman–Crippen MR) is 55.9 cm³/mol. The Morgan fingerprint density at radius 1 is 1.46 bits per heavy atom. The van der Waals surface area contributed by atoms with Crippen LogP contribution in [0.5, 0.6) is 0 Å². The number of rotatable bonds is 3. The highest BCUT2D eigenvalue weighted by molar-refractivity contribution is 4.92. The van der Waals surface area contributed by atoms with Crippen LogP contribution in [-0.2, 0) is 0 Å². The van der Waals surface area contributed by atoms with Crippen LogP contribution >= 0.6 is 0 Å². The second-order valence-corrected chi connectivity index (χ2v) is 5.17. The highest BCUT2D eigenvalue weighted by Gasteiger charge is 2.39. The van der Waals surface area contributed by atoms with E-state index in [1.165, 1.54) is 45.3 Å². The highest BCUT2D eigenvalue weighted by Crippen LogP contribution is 2.45. The van der Waals surface area contributed by atoms with Gasteiger partial charge in [-0.2, -0.15) is 0 Å². The Morgan fingerprint density at radius 2 is 2.23 bits per heavy atom. The van der Waals surface area contributed by atoms with Crippen molar-refractivity contribution < 1.29 is 0 Å². The minimum Gasteiger partial charge on any atom is -0.316 e. The summed E-state index contributed by atoms with van der Waals surface area (Å²) >= 11 is 0. The lowest BCUT2D eigenvalue weighted by molar-refractivity contribution is 0.167. The van der Waals surface area contributed by atoms with Crippen LogP contribution in [-0.4, -0.2) is 37.6 Å². The normalized spacial score (nSPS) is 33.2. The summed E-state index contributed by atoms with van der Waals surface area (Å²) in [5, 5.41) is 3.40. The van der Waals surface area contributed by atoms with Crippen molar-refractivity contribution in [3.05, 3.63) is 0 Å². The largest absolute Gasteiger partial charge is 0.316 e. The zero-order chi connectivity index (χ0) is 9.31. The van der Waals surface area contributed by atoms with E-state index in [1.807, 2.05) is 0 Å². The van der Waals surface area contributed by atoms with Gasteiger partial charge in [-0.15, -0.1) is 0 Å². The minimum absolute atomic E-state index is 0.690. The molecule has 76 valence electrons.